The Morgan fingerprint density at radius 3 is 2.47 bits per heavy atom. The fraction of sp³-hybridized carbons (Fsp3) is 0.462. The SMILES string of the molecule is CC(C)(C)C(Cc1ccc(Br)cc1[N+](=O)[O-])C(=O)O. The van der Waals surface area contributed by atoms with Crippen LogP contribution in [0.3, 0.4) is 0 Å². The van der Waals surface area contributed by atoms with Crippen LogP contribution in [0.2, 0.25) is 0 Å². The first-order chi connectivity index (χ1) is 8.62. The molecule has 0 saturated carbocycles. The molecule has 1 aromatic carbocycles. The van der Waals surface area contributed by atoms with E-state index in [1.54, 1.807) is 12.1 Å². The van der Waals surface area contributed by atoms with Gasteiger partial charge >= 0.3 is 5.97 Å². The first-order valence-electron chi connectivity index (χ1n) is 5.78. The van der Waals surface area contributed by atoms with Gasteiger partial charge < -0.3 is 5.11 Å². The predicted molar refractivity (Wildman–Crippen MR) is 75.1 cm³/mol. The molecule has 0 aliphatic heterocycles. The van der Waals surface area contributed by atoms with Gasteiger partial charge in [-0.1, -0.05) is 42.8 Å². The summed E-state index contributed by atoms with van der Waals surface area (Å²) in [6.45, 7) is 5.45. The van der Waals surface area contributed by atoms with Gasteiger partial charge in [-0.2, -0.15) is 0 Å². The van der Waals surface area contributed by atoms with Gasteiger partial charge in [-0.05, 0) is 17.9 Å². The number of nitro groups is 1. The number of rotatable bonds is 4. The van der Waals surface area contributed by atoms with E-state index in [0.29, 0.717) is 10.0 Å². The zero-order valence-electron chi connectivity index (χ0n) is 11.0. The summed E-state index contributed by atoms with van der Waals surface area (Å²) in [5.41, 5.74) is -0.0762. The van der Waals surface area contributed by atoms with E-state index in [1.165, 1.54) is 6.07 Å². The monoisotopic (exact) mass is 329 g/mol. The molecule has 5 nitrogen and oxygen atoms in total. The van der Waals surface area contributed by atoms with Gasteiger partial charge in [-0.3, -0.25) is 14.9 Å². The van der Waals surface area contributed by atoms with Crippen molar-refractivity contribution in [3.8, 4) is 0 Å². The first-order valence-corrected chi connectivity index (χ1v) is 6.58. The number of carbonyl (C=O) groups is 1. The van der Waals surface area contributed by atoms with Crippen molar-refractivity contribution < 1.29 is 14.8 Å². The topological polar surface area (TPSA) is 80.4 Å². The number of hydrogen-bond donors (Lipinski definition) is 1. The highest BCUT2D eigenvalue weighted by Crippen LogP contribution is 2.33. The highest BCUT2D eigenvalue weighted by Gasteiger charge is 2.33. The largest absolute Gasteiger partial charge is 0.481 e. The van der Waals surface area contributed by atoms with Crippen LogP contribution in [0.5, 0.6) is 0 Å². The Balaban J connectivity index is 3.17. The molecule has 0 heterocycles. The molecule has 1 aromatic rings. The van der Waals surface area contributed by atoms with Crippen LogP contribution in [0.1, 0.15) is 26.3 Å². The smallest absolute Gasteiger partial charge is 0.307 e. The highest BCUT2D eigenvalue weighted by molar-refractivity contribution is 9.10. The average Bonchev–Trinajstić information content (AvgIpc) is 2.24. The van der Waals surface area contributed by atoms with Crippen molar-refractivity contribution in [2.75, 3.05) is 0 Å². The molecule has 0 saturated heterocycles. The van der Waals surface area contributed by atoms with Gasteiger partial charge in [-0.25, -0.2) is 0 Å². The third-order valence-electron chi connectivity index (χ3n) is 3.01. The molecule has 0 amide bonds. The fourth-order valence-corrected chi connectivity index (χ4v) is 2.21. The van der Waals surface area contributed by atoms with Gasteiger partial charge in [-0.15, -0.1) is 0 Å². The van der Waals surface area contributed by atoms with Crippen LogP contribution in [0, 0.1) is 21.4 Å². The average molecular weight is 330 g/mol. The number of benzene rings is 1. The predicted octanol–water partition coefficient (Wildman–Crippen LogP) is 3.65. The maximum absolute atomic E-state index is 11.3. The van der Waals surface area contributed by atoms with E-state index in [2.05, 4.69) is 15.9 Å². The van der Waals surface area contributed by atoms with Gasteiger partial charge in [0.05, 0.1) is 10.8 Å². The first kappa shape index (κ1) is 15.6. The molecule has 0 fully saturated rings. The van der Waals surface area contributed by atoms with Crippen molar-refractivity contribution in [2.45, 2.75) is 27.2 Å². The van der Waals surface area contributed by atoms with Gasteiger partial charge in [0.25, 0.3) is 5.69 Å². The molecule has 6 heteroatoms. The minimum Gasteiger partial charge on any atom is -0.481 e. The van der Waals surface area contributed by atoms with Gasteiger partial charge in [0, 0.05) is 16.1 Å². The van der Waals surface area contributed by atoms with E-state index in [0.717, 1.165) is 0 Å². The van der Waals surface area contributed by atoms with E-state index in [9.17, 15) is 20.0 Å². The van der Waals surface area contributed by atoms with Gasteiger partial charge in [0.2, 0.25) is 0 Å². The summed E-state index contributed by atoms with van der Waals surface area (Å²) in [7, 11) is 0. The normalized spacial score (nSPS) is 13.1. The van der Waals surface area contributed by atoms with Crippen molar-refractivity contribution in [3.63, 3.8) is 0 Å². The molecule has 0 bridgehead atoms. The Morgan fingerprint density at radius 2 is 2.05 bits per heavy atom. The maximum atomic E-state index is 11.3. The van der Waals surface area contributed by atoms with Gasteiger partial charge in [0.15, 0.2) is 0 Å². The van der Waals surface area contributed by atoms with Crippen LogP contribution in [0.25, 0.3) is 0 Å². The lowest BCUT2D eigenvalue weighted by molar-refractivity contribution is -0.385. The third-order valence-corrected chi connectivity index (χ3v) is 3.50. The van der Waals surface area contributed by atoms with Crippen LogP contribution >= 0.6 is 15.9 Å². The van der Waals surface area contributed by atoms with Crippen LogP contribution < -0.4 is 0 Å². The molecule has 1 unspecified atom stereocenters. The number of halogens is 1. The molecule has 19 heavy (non-hydrogen) atoms. The minimum absolute atomic E-state index is 0.0510. The van der Waals surface area contributed by atoms with E-state index in [1.807, 2.05) is 20.8 Å². The summed E-state index contributed by atoms with van der Waals surface area (Å²) in [6.07, 6.45) is 0.141. The quantitative estimate of drug-likeness (QED) is 0.675. The number of hydrogen-bond acceptors (Lipinski definition) is 3. The Kier molecular flexibility index (Phi) is 4.68. The molecule has 0 aliphatic rings. The molecule has 1 atom stereocenters. The zero-order valence-corrected chi connectivity index (χ0v) is 12.6. The Hall–Kier alpha value is -1.43. The molecule has 104 valence electrons. The van der Waals surface area contributed by atoms with E-state index in [4.69, 9.17) is 0 Å². The Bertz CT molecular complexity index is 508. The van der Waals surface area contributed by atoms with Crippen LogP contribution in [0.15, 0.2) is 22.7 Å². The van der Waals surface area contributed by atoms with Crippen molar-refractivity contribution in [3.05, 3.63) is 38.3 Å². The number of carboxylic acid groups (broad SMARTS) is 1. The van der Waals surface area contributed by atoms with Crippen LogP contribution in [-0.2, 0) is 11.2 Å². The third kappa shape index (κ3) is 4.02. The number of aliphatic carboxylic acids is 1. The lowest BCUT2D eigenvalue weighted by atomic mass is 9.77. The molecular formula is C13H16BrNO4. The second-order valence-corrected chi connectivity index (χ2v) is 6.41. The maximum Gasteiger partial charge on any atom is 0.307 e. The summed E-state index contributed by atoms with van der Waals surface area (Å²) in [5.74, 6) is -1.61. The molecule has 1 rings (SSSR count). The number of nitro benzene ring substituents is 1. The number of nitrogens with zero attached hydrogens (tertiary/aromatic N) is 1. The molecule has 0 radical (unpaired) electrons. The molecule has 1 N–H and O–H groups in total. The van der Waals surface area contributed by atoms with E-state index >= 15 is 0 Å². The van der Waals surface area contributed by atoms with Crippen LogP contribution in [-0.4, -0.2) is 16.0 Å². The lowest BCUT2D eigenvalue weighted by Crippen LogP contribution is -2.30. The summed E-state index contributed by atoms with van der Waals surface area (Å²) in [5, 5.41) is 20.3. The minimum atomic E-state index is -0.940. The van der Waals surface area contributed by atoms with E-state index < -0.39 is 22.2 Å². The Morgan fingerprint density at radius 1 is 1.47 bits per heavy atom. The highest BCUT2D eigenvalue weighted by atomic mass is 79.9. The van der Waals surface area contributed by atoms with Crippen molar-refractivity contribution in [2.24, 2.45) is 11.3 Å². The fourth-order valence-electron chi connectivity index (χ4n) is 1.86. The molecule has 0 aromatic heterocycles. The zero-order chi connectivity index (χ0) is 14.8. The van der Waals surface area contributed by atoms with Crippen molar-refractivity contribution >= 4 is 27.6 Å². The van der Waals surface area contributed by atoms with Gasteiger partial charge in [0.1, 0.15) is 0 Å². The molecule has 0 spiro atoms. The summed E-state index contributed by atoms with van der Waals surface area (Å²) in [6, 6.07) is 4.69. The molecular weight excluding hydrogens is 314 g/mol. The standard InChI is InChI=1S/C13H16BrNO4/c1-13(2,3)10(12(16)17)6-8-4-5-9(14)7-11(8)15(18)19/h4-5,7,10H,6H2,1-3H3,(H,16,17). The second-order valence-electron chi connectivity index (χ2n) is 5.49. The van der Waals surface area contributed by atoms with Crippen molar-refractivity contribution in [1.82, 2.24) is 0 Å². The number of carboxylic acids is 1. The van der Waals surface area contributed by atoms with E-state index in [-0.39, 0.29) is 12.1 Å². The second kappa shape index (κ2) is 5.69. The summed E-state index contributed by atoms with van der Waals surface area (Å²) >= 11 is 3.18. The van der Waals surface area contributed by atoms with Crippen LogP contribution in [0.4, 0.5) is 5.69 Å². The lowest BCUT2D eigenvalue weighted by Gasteiger charge is -2.27. The van der Waals surface area contributed by atoms with Crippen molar-refractivity contribution in [1.29, 1.82) is 0 Å². The summed E-state index contributed by atoms with van der Waals surface area (Å²) in [4.78, 5) is 21.8. The summed E-state index contributed by atoms with van der Waals surface area (Å²) < 4.78 is 0.602. The molecule has 0 aliphatic carbocycles. The Labute approximate surface area is 119 Å².